The Bertz CT molecular complexity index is 1170. The Labute approximate surface area is 263 Å². The van der Waals surface area contributed by atoms with Crippen LogP contribution >= 0.6 is 22.6 Å². The van der Waals surface area contributed by atoms with E-state index in [9.17, 15) is 24.9 Å². The van der Waals surface area contributed by atoms with E-state index in [1.807, 2.05) is 18.7 Å². The topological polar surface area (TPSA) is 129 Å². The molecule has 3 saturated carbocycles. The van der Waals surface area contributed by atoms with Gasteiger partial charge in [0.15, 0.2) is 11.5 Å². The first-order valence-corrected chi connectivity index (χ1v) is 16.2. The minimum absolute atomic E-state index is 0.0245. The average Bonchev–Trinajstić information content (AvgIpc) is 2.95. The molecule has 1 aromatic carbocycles. The highest BCUT2D eigenvalue weighted by Crippen LogP contribution is 2.61. The van der Waals surface area contributed by atoms with Crippen molar-refractivity contribution in [3.05, 3.63) is 32.9 Å². The molecule has 4 N–H and O–H groups in total. The minimum Gasteiger partial charge on any atom is -0.493 e. The van der Waals surface area contributed by atoms with Crippen molar-refractivity contribution in [2.45, 2.75) is 84.7 Å². The van der Waals surface area contributed by atoms with Gasteiger partial charge in [0.2, 0.25) is 11.8 Å². The summed E-state index contributed by atoms with van der Waals surface area (Å²) in [7, 11) is 1.51. The second kappa shape index (κ2) is 13.8. The lowest BCUT2D eigenvalue weighted by molar-refractivity contribution is -0.148. The summed E-state index contributed by atoms with van der Waals surface area (Å²) in [5.74, 6) is 2.14. The zero-order chi connectivity index (χ0) is 30.8. The normalized spacial score (nSPS) is 28.0. The van der Waals surface area contributed by atoms with E-state index in [2.05, 4.69) is 41.8 Å². The molecule has 3 fully saturated rings. The summed E-state index contributed by atoms with van der Waals surface area (Å²) in [6.45, 7) is 8.97. The fourth-order valence-electron chi connectivity index (χ4n) is 7.22. The number of hydrogen-bond donors (Lipinski definition) is 4. The molecule has 1 aromatic rings. The van der Waals surface area contributed by atoms with Crippen LogP contribution in [0.1, 0.15) is 65.4 Å². The van der Waals surface area contributed by atoms with Gasteiger partial charge in [-0.2, -0.15) is 0 Å². The van der Waals surface area contributed by atoms with E-state index in [4.69, 9.17) is 9.47 Å². The van der Waals surface area contributed by atoms with E-state index in [0.717, 1.165) is 18.8 Å². The second-order valence-electron chi connectivity index (χ2n) is 13.1. The maximum absolute atomic E-state index is 13.9. The largest absolute Gasteiger partial charge is 0.493 e. The van der Waals surface area contributed by atoms with Crippen molar-refractivity contribution in [2.75, 3.05) is 26.8 Å². The molecule has 5 rings (SSSR count). The third kappa shape index (κ3) is 6.92. The standard InChI is InChI=1S/C32H47IN2O7/c1-18(2)10-28(38)35(16-20-6-7-22-15-23(20)32(22,3)4)25-13-21(31(40)34-8-9-36)14-26(29(25)39)42-30-24(33)11-19(17-37)12-27(30)41-5/h11-12,14,18,20,22-23,25-26,29,36-37,39H,6-10,13,15-17H2,1-5H3,(H,34,40). The Balaban J connectivity index is 1.69. The van der Waals surface area contributed by atoms with Gasteiger partial charge >= 0.3 is 0 Å². The highest BCUT2D eigenvalue weighted by Gasteiger charge is 2.55. The molecule has 6 unspecified atom stereocenters. The van der Waals surface area contributed by atoms with Gasteiger partial charge in [0.05, 0.1) is 29.9 Å². The van der Waals surface area contributed by atoms with Gasteiger partial charge in [0, 0.05) is 31.5 Å². The predicted octanol–water partition coefficient (Wildman–Crippen LogP) is 3.65. The van der Waals surface area contributed by atoms with E-state index in [1.165, 1.54) is 13.5 Å². The third-order valence-corrected chi connectivity index (χ3v) is 10.5. The molecule has 0 saturated heterocycles. The number of nitrogens with zero attached hydrogens (tertiary/aromatic N) is 1. The summed E-state index contributed by atoms with van der Waals surface area (Å²) in [5.41, 5.74) is 1.31. The Morgan fingerprint density at radius 1 is 1.21 bits per heavy atom. The van der Waals surface area contributed by atoms with Gasteiger partial charge in [-0.1, -0.05) is 27.7 Å². The van der Waals surface area contributed by atoms with E-state index >= 15 is 0 Å². The molecule has 9 nitrogen and oxygen atoms in total. The van der Waals surface area contributed by atoms with E-state index in [1.54, 1.807) is 18.2 Å². The van der Waals surface area contributed by atoms with Crippen molar-refractivity contribution in [3.8, 4) is 11.5 Å². The maximum atomic E-state index is 13.9. The first-order chi connectivity index (χ1) is 19.9. The number of aliphatic hydroxyl groups excluding tert-OH is 3. The van der Waals surface area contributed by atoms with Crippen LogP contribution in [0.4, 0.5) is 0 Å². The van der Waals surface area contributed by atoms with Crippen LogP contribution in [0.5, 0.6) is 11.5 Å². The molecule has 0 radical (unpaired) electrons. The monoisotopic (exact) mass is 698 g/mol. The molecule has 42 heavy (non-hydrogen) atoms. The fourth-order valence-corrected chi connectivity index (χ4v) is 8.01. The van der Waals surface area contributed by atoms with Crippen LogP contribution in [-0.4, -0.2) is 77.1 Å². The van der Waals surface area contributed by atoms with Gasteiger partial charge in [-0.05, 0) is 94.7 Å². The fraction of sp³-hybridized carbons (Fsp3) is 0.688. The van der Waals surface area contributed by atoms with Gasteiger partial charge in [0.25, 0.3) is 0 Å². The zero-order valence-corrected chi connectivity index (χ0v) is 27.6. The van der Waals surface area contributed by atoms with Crippen molar-refractivity contribution >= 4 is 34.4 Å². The molecule has 4 aliphatic rings. The van der Waals surface area contributed by atoms with E-state index < -0.39 is 18.2 Å². The molecule has 0 heterocycles. The lowest BCUT2D eigenvalue weighted by atomic mass is 9.45. The Kier molecular flexibility index (Phi) is 10.9. The van der Waals surface area contributed by atoms with Gasteiger partial charge in [-0.15, -0.1) is 0 Å². The number of hydrogen-bond acceptors (Lipinski definition) is 7. The van der Waals surface area contributed by atoms with Gasteiger partial charge in [-0.3, -0.25) is 9.59 Å². The van der Waals surface area contributed by atoms with Crippen LogP contribution in [0.15, 0.2) is 23.8 Å². The summed E-state index contributed by atoms with van der Waals surface area (Å²) in [4.78, 5) is 28.9. The number of fused-ring (bicyclic) bond motifs is 2. The molecule has 10 heteroatoms. The molecular weight excluding hydrogens is 651 g/mol. The Hall–Kier alpha value is -1.89. The summed E-state index contributed by atoms with van der Waals surface area (Å²) in [6.07, 6.45) is 3.50. The number of rotatable bonds is 12. The van der Waals surface area contributed by atoms with Crippen LogP contribution < -0.4 is 14.8 Å². The molecule has 6 atom stereocenters. The Morgan fingerprint density at radius 3 is 2.55 bits per heavy atom. The lowest BCUT2D eigenvalue weighted by Crippen LogP contribution is -2.59. The molecule has 234 valence electrons. The van der Waals surface area contributed by atoms with Crippen LogP contribution in [0.2, 0.25) is 0 Å². The molecule has 4 aliphatic carbocycles. The number of carbonyl (C=O) groups is 2. The van der Waals surface area contributed by atoms with E-state index in [-0.39, 0.29) is 49.3 Å². The SMILES string of the molecule is COc1cc(CO)cc(I)c1OC1C=C(C(=O)NCCO)CC(N(CC2CCC3CC2C3(C)C)C(=O)CC(C)C)C1O. The molecule has 2 amide bonds. The van der Waals surface area contributed by atoms with Crippen molar-refractivity contribution in [2.24, 2.45) is 29.1 Å². The summed E-state index contributed by atoms with van der Waals surface area (Å²) in [5, 5.41) is 33.5. The summed E-state index contributed by atoms with van der Waals surface area (Å²) in [6, 6.07) is 2.79. The second-order valence-corrected chi connectivity index (χ2v) is 14.3. The van der Waals surface area contributed by atoms with Gasteiger partial charge < -0.3 is 35.0 Å². The number of nitrogens with one attached hydrogen (secondary N) is 1. The van der Waals surface area contributed by atoms with Gasteiger partial charge in [-0.25, -0.2) is 0 Å². The number of benzene rings is 1. The average molecular weight is 699 g/mol. The first-order valence-electron chi connectivity index (χ1n) is 15.1. The number of ether oxygens (including phenoxy) is 2. The quantitative estimate of drug-likeness (QED) is 0.246. The summed E-state index contributed by atoms with van der Waals surface area (Å²) < 4.78 is 12.6. The lowest BCUT2D eigenvalue weighted by Gasteiger charge is -2.61. The highest BCUT2D eigenvalue weighted by molar-refractivity contribution is 14.1. The molecule has 0 spiro atoms. The van der Waals surface area contributed by atoms with Crippen molar-refractivity contribution < 1.29 is 34.4 Å². The highest BCUT2D eigenvalue weighted by atomic mass is 127. The molecule has 2 bridgehead atoms. The van der Waals surface area contributed by atoms with Crippen LogP contribution in [0, 0.1) is 32.7 Å². The number of carbonyl (C=O) groups excluding carboxylic acids is 2. The van der Waals surface area contributed by atoms with Crippen LogP contribution in [0.3, 0.4) is 0 Å². The molecule has 0 aliphatic heterocycles. The third-order valence-electron chi connectivity index (χ3n) is 9.68. The van der Waals surface area contributed by atoms with Crippen molar-refractivity contribution in [3.63, 3.8) is 0 Å². The number of aliphatic hydroxyl groups is 3. The smallest absolute Gasteiger partial charge is 0.247 e. The first kappa shape index (κ1) is 33.0. The number of methoxy groups -OCH3 is 1. The Morgan fingerprint density at radius 2 is 1.95 bits per heavy atom. The van der Waals surface area contributed by atoms with Gasteiger partial charge in [0.1, 0.15) is 12.2 Å². The number of amides is 2. The van der Waals surface area contributed by atoms with Crippen LogP contribution in [0.25, 0.3) is 0 Å². The summed E-state index contributed by atoms with van der Waals surface area (Å²) >= 11 is 2.10. The van der Waals surface area contributed by atoms with Crippen LogP contribution in [-0.2, 0) is 16.2 Å². The maximum Gasteiger partial charge on any atom is 0.247 e. The van der Waals surface area contributed by atoms with Crippen molar-refractivity contribution in [1.29, 1.82) is 0 Å². The zero-order valence-electron chi connectivity index (χ0n) is 25.4. The van der Waals surface area contributed by atoms with Crippen molar-refractivity contribution in [1.82, 2.24) is 10.2 Å². The number of halogens is 1. The minimum atomic E-state index is -1.10. The molecule has 0 aromatic heterocycles. The van der Waals surface area contributed by atoms with E-state index in [0.29, 0.717) is 51.0 Å². The molecular formula is C32H47IN2O7. The predicted molar refractivity (Wildman–Crippen MR) is 168 cm³/mol.